The van der Waals surface area contributed by atoms with Gasteiger partial charge in [0.15, 0.2) is 0 Å². The Morgan fingerprint density at radius 1 is 1.00 bits per heavy atom. The summed E-state index contributed by atoms with van der Waals surface area (Å²) in [5.74, 6) is 0.0743. The average molecular weight is 430 g/mol. The fraction of sp³-hybridized carbons (Fsp3) is 0.0952. The third-order valence-corrected chi connectivity index (χ3v) is 3.69. The number of benzene rings is 2. The summed E-state index contributed by atoms with van der Waals surface area (Å²) in [6.07, 6.45) is -0.0208. The van der Waals surface area contributed by atoms with E-state index in [9.17, 15) is 18.0 Å². The van der Waals surface area contributed by atoms with Crippen molar-refractivity contribution < 1.29 is 27.4 Å². The molecule has 0 saturated carbocycles. The van der Waals surface area contributed by atoms with Gasteiger partial charge in [-0.3, -0.25) is 9.78 Å². The van der Waals surface area contributed by atoms with E-state index in [2.05, 4.69) is 25.6 Å². The highest BCUT2D eigenvalue weighted by atomic mass is 19.4. The molecule has 0 aliphatic rings. The molecule has 0 fully saturated rings. The van der Waals surface area contributed by atoms with Crippen LogP contribution in [-0.2, 0) is 4.79 Å². The minimum Gasteiger partial charge on any atom is -0.457 e. The van der Waals surface area contributed by atoms with E-state index < -0.39 is 6.36 Å². The number of anilines is 1. The number of carbonyl (C=O) groups is 1. The zero-order chi connectivity index (χ0) is 22.1. The maximum atomic E-state index is 12.2. The van der Waals surface area contributed by atoms with Crippen LogP contribution in [-0.4, -0.2) is 30.0 Å². The number of amides is 1. The topological polar surface area (TPSA) is 84.8 Å². The number of hydrogen-bond acceptors (Lipinski definition) is 6. The lowest BCUT2D eigenvalue weighted by molar-refractivity contribution is -0.274. The molecule has 7 nitrogen and oxygen atoms in total. The monoisotopic (exact) mass is 430 g/mol. The zero-order valence-electron chi connectivity index (χ0n) is 16.0. The van der Waals surface area contributed by atoms with E-state index in [1.165, 1.54) is 18.3 Å². The van der Waals surface area contributed by atoms with Crippen molar-refractivity contribution >= 4 is 17.8 Å². The minimum absolute atomic E-state index is 0.0272. The van der Waals surface area contributed by atoms with E-state index in [0.717, 1.165) is 17.7 Å². The summed E-state index contributed by atoms with van der Waals surface area (Å²) in [4.78, 5) is 15.8. The molecule has 0 atom stereocenters. The second kappa shape index (κ2) is 10.1. The summed E-state index contributed by atoms with van der Waals surface area (Å²) in [5.41, 5.74) is 3.81. The van der Waals surface area contributed by atoms with E-state index in [0.29, 0.717) is 17.2 Å². The molecule has 31 heavy (non-hydrogen) atoms. The van der Waals surface area contributed by atoms with Gasteiger partial charge in [0.05, 0.1) is 12.8 Å². The van der Waals surface area contributed by atoms with Crippen molar-refractivity contribution in [1.82, 2.24) is 10.4 Å². The van der Waals surface area contributed by atoms with Gasteiger partial charge in [-0.25, -0.2) is 5.43 Å². The van der Waals surface area contributed by atoms with Gasteiger partial charge in [-0.05, 0) is 54.1 Å². The van der Waals surface area contributed by atoms with E-state index in [4.69, 9.17) is 4.74 Å². The molecular formula is C21H17F3N4O3. The molecule has 1 amide bonds. The lowest BCUT2D eigenvalue weighted by Gasteiger charge is -2.11. The predicted octanol–water partition coefficient (Wildman–Crippen LogP) is 4.33. The van der Waals surface area contributed by atoms with Crippen LogP contribution in [0.2, 0.25) is 0 Å². The van der Waals surface area contributed by atoms with E-state index in [-0.39, 0.29) is 18.2 Å². The number of carbonyl (C=O) groups excluding carboxylic acids is 1. The number of nitrogens with one attached hydrogen (secondary N) is 2. The number of rotatable bonds is 8. The van der Waals surface area contributed by atoms with Gasteiger partial charge in [-0.2, -0.15) is 5.10 Å². The van der Waals surface area contributed by atoms with Crippen molar-refractivity contribution in [2.45, 2.75) is 6.36 Å². The van der Waals surface area contributed by atoms with E-state index >= 15 is 0 Å². The number of ether oxygens (including phenoxy) is 2. The molecule has 0 radical (unpaired) electrons. The highest BCUT2D eigenvalue weighted by molar-refractivity contribution is 5.84. The second-order valence-electron chi connectivity index (χ2n) is 6.08. The van der Waals surface area contributed by atoms with E-state index in [1.54, 1.807) is 48.8 Å². The molecule has 0 unspecified atom stereocenters. The van der Waals surface area contributed by atoms with Gasteiger partial charge in [-0.1, -0.05) is 6.07 Å². The second-order valence-corrected chi connectivity index (χ2v) is 6.08. The quantitative estimate of drug-likeness (QED) is 0.410. The van der Waals surface area contributed by atoms with Crippen LogP contribution < -0.4 is 20.2 Å². The Balaban J connectivity index is 1.49. The van der Waals surface area contributed by atoms with Crippen LogP contribution in [0.1, 0.15) is 5.56 Å². The smallest absolute Gasteiger partial charge is 0.457 e. The third-order valence-electron chi connectivity index (χ3n) is 3.69. The summed E-state index contributed by atoms with van der Waals surface area (Å²) in [5, 5.41) is 6.79. The van der Waals surface area contributed by atoms with Crippen LogP contribution in [0.25, 0.3) is 0 Å². The fourth-order valence-electron chi connectivity index (χ4n) is 2.37. The molecule has 3 aromatic rings. The van der Waals surface area contributed by atoms with E-state index in [1.807, 2.05) is 0 Å². The van der Waals surface area contributed by atoms with Crippen molar-refractivity contribution in [2.24, 2.45) is 5.10 Å². The lowest BCUT2D eigenvalue weighted by atomic mass is 10.3. The maximum absolute atomic E-state index is 12.2. The van der Waals surface area contributed by atoms with Crippen LogP contribution >= 0.6 is 0 Å². The molecule has 0 saturated heterocycles. The SMILES string of the molecule is O=C(CNc1cccc(Oc2ccc(OC(F)(F)F)cc2)c1)NN=Cc1ccncc1. The molecule has 3 rings (SSSR count). The van der Waals surface area contributed by atoms with Gasteiger partial charge in [0.25, 0.3) is 5.91 Å². The Labute approximate surface area is 175 Å². The van der Waals surface area contributed by atoms with Crippen molar-refractivity contribution in [3.05, 3.63) is 78.6 Å². The van der Waals surface area contributed by atoms with Gasteiger partial charge >= 0.3 is 6.36 Å². The first-order valence-electron chi connectivity index (χ1n) is 8.97. The molecule has 2 N–H and O–H groups in total. The molecule has 1 heterocycles. The first-order chi connectivity index (χ1) is 14.9. The van der Waals surface area contributed by atoms with Gasteiger partial charge < -0.3 is 14.8 Å². The minimum atomic E-state index is -4.75. The average Bonchev–Trinajstić information content (AvgIpc) is 2.74. The molecular weight excluding hydrogens is 413 g/mol. The molecule has 160 valence electrons. The number of hydrogen-bond donors (Lipinski definition) is 2. The Morgan fingerprint density at radius 2 is 1.71 bits per heavy atom. The first-order valence-corrected chi connectivity index (χ1v) is 8.97. The van der Waals surface area contributed by atoms with Crippen LogP contribution in [0.15, 0.2) is 78.2 Å². The van der Waals surface area contributed by atoms with Crippen molar-refractivity contribution in [1.29, 1.82) is 0 Å². The van der Waals surface area contributed by atoms with Gasteiger partial charge in [0.1, 0.15) is 17.2 Å². The van der Waals surface area contributed by atoms with Crippen molar-refractivity contribution in [3.63, 3.8) is 0 Å². The summed E-state index contributed by atoms with van der Waals surface area (Å²) < 4.78 is 46.1. The normalized spacial score (nSPS) is 11.2. The van der Waals surface area contributed by atoms with Gasteiger partial charge in [0, 0.05) is 24.1 Å². The number of aromatic nitrogens is 1. The van der Waals surface area contributed by atoms with Crippen molar-refractivity contribution in [3.8, 4) is 17.2 Å². The number of alkyl halides is 3. The van der Waals surface area contributed by atoms with Crippen LogP contribution in [0.4, 0.5) is 18.9 Å². The summed E-state index contributed by atoms with van der Waals surface area (Å²) in [6, 6.07) is 15.3. The van der Waals surface area contributed by atoms with Crippen LogP contribution in [0.3, 0.4) is 0 Å². The molecule has 0 aliphatic heterocycles. The lowest BCUT2D eigenvalue weighted by Crippen LogP contribution is -2.25. The molecule has 2 aromatic carbocycles. The number of hydrazone groups is 1. The molecule has 0 spiro atoms. The van der Waals surface area contributed by atoms with Crippen molar-refractivity contribution in [2.75, 3.05) is 11.9 Å². The predicted molar refractivity (Wildman–Crippen MR) is 108 cm³/mol. The Morgan fingerprint density at radius 3 is 2.42 bits per heavy atom. The molecule has 10 heteroatoms. The summed E-state index contributed by atoms with van der Waals surface area (Å²) >= 11 is 0. The first kappa shape index (κ1) is 21.6. The highest BCUT2D eigenvalue weighted by Crippen LogP contribution is 2.28. The molecule has 0 bridgehead atoms. The Kier molecular flexibility index (Phi) is 7.05. The number of pyridine rings is 1. The molecule has 0 aliphatic carbocycles. The molecule has 1 aromatic heterocycles. The highest BCUT2D eigenvalue weighted by Gasteiger charge is 2.30. The van der Waals surface area contributed by atoms with Crippen LogP contribution in [0.5, 0.6) is 17.2 Å². The zero-order valence-corrected chi connectivity index (χ0v) is 16.0. The Hall–Kier alpha value is -4.08. The van der Waals surface area contributed by atoms with Gasteiger partial charge in [-0.15, -0.1) is 13.2 Å². The number of nitrogens with zero attached hydrogens (tertiary/aromatic N) is 2. The van der Waals surface area contributed by atoms with Crippen LogP contribution in [0, 0.1) is 0 Å². The third kappa shape index (κ3) is 7.69. The summed E-state index contributed by atoms with van der Waals surface area (Å²) in [7, 11) is 0. The largest absolute Gasteiger partial charge is 0.573 e. The summed E-state index contributed by atoms with van der Waals surface area (Å²) in [6.45, 7) is -0.0272. The fourth-order valence-corrected chi connectivity index (χ4v) is 2.37. The maximum Gasteiger partial charge on any atom is 0.573 e. The Bertz CT molecular complexity index is 1030. The van der Waals surface area contributed by atoms with Gasteiger partial charge in [0.2, 0.25) is 0 Å². The standard InChI is InChI=1S/C21H17F3N4O3/c22-21(23,24)31-18-6-4-17(5-7-18)30-19-3-1-2-16(12-19)26-14-20(29)28-27-13-15-8-10-25-11-9-15/h1-13,26H,14H2,(H,28,29). The number of halogens is 3.